The van der Waals surface area contributed by atoms with Crippen LogP contribution >= 0.6 is 0 Å². The molecule has 1 saturated heterocycles. The molecule has 0 aromatic heterocycles. The largest absolute Gasteiger partial charge is 0.300 e. The lowest BCUT2D eigenvalue weighted by atomic mass is 9.96. The maximum atomic E-state index is 2.77. The van der Waals surface area contributed by atoms with Crippen LogP contribution < -0.4 is 0 Å². The summed E-state index contributed by atoms with van der Waals surface area (Å²) in [4.78, 5) is 2.77. The number of nitrogens with zero attached hydrogens (tertiary/aromatic N) is 1. The van der Waals surface area contributed by atoms with Crippen LogP contribution in [0.5, 0.6) is 0 Å². The van der Waals surface area contributed by atoms with Crippen molar-refractivity contribution in [1.82, 2.24) is 4.90 Å². The van der Waals surface area contributed by atoms with Gasteiger partial charge in [0.05, 0.1) is 0 Å². The first-order valence-electron chi connectivity index (χ1n) is 10.8. The molecule has 1 unspecified atom stereocenters. The summed E-state index contributed by atoms with van der Waals surface area (Å²) >= 11 is 0. The summed E-state index contributed by atoms with van der Waals surface area (Å²) in [6.45, 7) is 12.2. The second-order valence-corrected chi connectivity index (χ2v) is 8.71. The number of hydrogen-bond acceptors (Lipinski definition) is 1. The molecular formula is C22H45N. The Morgan fingerprint density at radius 1 is 0.609 bits per heavy atom. The lowest BCUT2D eigenvalue weighted by Gasteiger charge is -2.31. The third kappa shape index (κ3) is 10.4. The fourth-order valence-electron chi connectivity index (χ4n) is 4.15. The topological polar surface area (TPSA) is 3.24 Å². The third-order valence-electron chi connectivity index (χ3n) is 5.66. The number of rotatable bonds is 14. The number of unbranched alkanes of at least 4 members (excludes halogenated alkanes) is 8. The van der Waals surface area contributed by atoms with Gasteiger partial charge in [-0.3, -0.25) is 0 Å². The van der Waals surface area contributed by atoms with E-state index >= 15 is 0 Å². The minimum absolute atomic E-state index is 0.832. The Balaban J connectivity index is 1.90. The Morgan fingerprint density at radius 2 is 1.04 bits per heavy atom. The van der Waals surface area contributed by atoms with Gasteiger partial charge in [0.2, 0.25) is 0 Å². The molecule has 1 heteroatoms. The summed E-state index contributed by atoms with van der Waals surface area (Å²) in [6.07, 6.45) is 18.9. The Hall–Kier alpha value is -0.0400. The minimum Gasteiger partial charge on any atom is -0.300 e. The Bertz CT molecular complexity index is 253. The third-order valence-corrected chi connectivity index (χ3v) is 5.66. The van der Waals surface area contributed by atoms with Gasteiger partial charge in [-0.05, 0) is 44.2 Å². The van der Waals surface area contributed by atoms with E-state index in [1.165, 1.54) is 96.6 Å². The van der Waals surface area contributed by atoms with Crippen molar-refractivity contribution in [2.24, 2.45) is 11.8 Å². The second-order valence-electron chi connectivity index (χ2n) is 8.71. The second kappa shape index (κ2) is 13.3. The van der Waals surface area contributed by atoms with Crippen LogP contribution in [-0.4, -0.2) is 24.0 Å². The number of likely N-dealkylation sites (tertiary alicyclic amines) is 1. The van der Waals surface area contributed by atoms with E-state index in [1.807, 2.05) is 0 Å². The molecule has 1 heterocycles. The van der Waals surface area contributed by atoms with Gasteiger partial charge in [-0.15, -0.1) is 0 Å². The highest BCUT2D eigenvalue weighted by molar-refractivity contribution is 4.78. The molecule has 0 aromatic carbocycles. The van der Waals surface area contributed by atoms with Crippen molar-refractivity contribution in [3.8, 4) is 0 Å². The fraction of sp³-hybridized carbons (Fsp3) is 1.00. The van der Waals surface area contributed by atoms with E-state index in [0.717, 1.165) is 17.9 Å². The van der Waals surface area contributed by atoms with Gasteiger partial charge in [0.25, 0.3) is 0 Å². The maximum absolute atomic E-state index is 2.77. The Morgan fingerprint density at radius 3 is 1.48 bits per heavy atom. The quantitative estimate of drug-likeness (QED) is 0.309. The average Bonchev–Trinajstić information content (AvgIpc) is 3.01. The normalized spacial score (nSPS) is 17.5. The molecular weight excluding hydrogens is 278 g/mol. The first-order chi connectivity index (χ1) is 11.1. The molecule has 0 aliphatic carbocycles. The SMILES string of the molecule is CC(C)CCCCCCCCCCCC(C(C)C)N1CCCC1. The molecule has 0 aromatic rings. The van der Waals surface area contributed by atoms with Crippen molar-refractivity contribution in [3.63, 3.8) is 0 Å². The van der Waals surface area contributed by atoms with Gasteiger partial charge in [-0.1, -0.05) is 91.9 Å². The Labute approximate surface area is 147 Å². The van der Waals surface area contributed by atoms with Gasteiger partial charge in [0.1, 0.15) is 0 Å². The van der Waals surface area contributed by atoms with E-state index in [0.29, 0.717) is 0 Å². The van der Waals surface area contributed by atoms with E-state index in [-0.39, 0.29) is 0 Å². The molecule has 1 fully saturated rings. The number of hydrogen-bond donors (Lipinski definition) is 0. The zero-order valence-corrected chi connectivity index (χ0v) is 16.8. The molecule has 1 nitrogen and oxygen atoms in total. The average molecular weight is 324 g/mol. The van der Waals surface area contributed by atoms with Gasteiger partial charge in [-0.25, -0.2) is 0 Å². The lowest BCUT2D eigenvalue weighted by Crippen LogP contribution is -2.36. The van der Waals surface area contributed by atoms with Crippen molar-refractivity contribution in [2.45, 2.75) is 117 Å². The summed E-state index contributed by atoms with van der Waals surface area (Å²) < 4.78 is 0. The summed E-state index contributed by atoms with van der Waals surface area (Å²) in [6, 6.07) is 0.860. The summed E-state index contributed by atoms with van der Waals surface area (Å²) in [7, 11) is 0. The van der Waals surface area contributed by atoms with Crippen molar-refractivity contribution < 1.29 is 0 Å². The molecule has 1 atom stereocenters. The maximum Gasteiger partial charge on any atom is 0.0118 e. The van der Waals surface area contributed by atoms with Crippen LogP contribution in [0.2, 0.25) is 0 Å². The Kier molecular flexibility index (Phi) is 12.1. The van der Waals surface area contributed by atoms with E-state index in [2.05, 4.69) is 32.6 Å². The molecule has 1 aliphatic rings. The van der Waals surface area contributed by atoms with Crippen LogP contribution in [0.1, 0.15) is 111 Å². The van der Waals surface area contributed by atoms with Gasteiger partial charge in [0, 0.05) is 6.04 Å². The molecule has 0 N–H and O–H groups in total. The summed E-state index contributed by atoms with van der Waals surface area (Å²) in [5.41, 5.74) is 0. The molecule has 23 heavy (non-hydrogen) atoms. The monoisotopic (exact) mass is 323 g/mol. The highest BCUT2D eigenvalue weighted by Crippen LogP contribution is 2.23. The van der Waals surface area contributed by atoms with Crippen molar-refractivity contribution >= 4 is 0 Å². The van der Waals surface area contributed by atoms with Crippen molar-refractivity contribution in [3.05, 3.63) is 0 Å². The summed E-state index contributed by atoms with van der Waals surface area (Å²) in [5.74, 6) is 1.73. The molecule has 1 rings (SSSR count). The van der Waals surface area contributed by atoms with E-state index in [4.69, 9.17) is 0 Å². The zero-order chi connectivity index (χ0) is 16.9. The molecule has 0 saturated carbocycles. The molecule has 0 radical (unpaired) electrons. The smallest absolute Gasteiger partial charge is 0.0118 e. The van der Waals surface area contributed by atoms with E-state index < -0.39 is 0 Å². The predicted octanol–water partition coefficient (Wildman–Crippen LogP) is 7.05. The lowest BCUT2D eigenvalue weighted by molar-refractivity contribution is 0.176. The standard InChI is InChI=1S/C22H45N/c1-20(2)16-12-10-8-6-5-7-9-11-13-17-22(21(3)4)23-18-14-15-19-23/h20-22H,5-19H2,1-4H3. The first kappa shape index (κ1) is 21.0. The van der Waals surface area contributed by atoms with Crippen molar-refractivity contribution in [2.75, 3.05) is 13.1 Å². The fourth-order valence-corrected chi connectivity index (χ4v) is 4.15. The molecule has 0 bridgehead atoms. The van der Waals surface area contributed by atoms with Gasteiger partial charge in [-0.2, -0.15) is 0 Å². The van der Waals surface area contributed by atoms with Crippen LogP contribution in [0.15, 0.2) is 0 Å². The first-order valence-corrected chi connectivity index (χ1v) is 10.8. The van der Waals surface area contributed by atoms with Crippen LogP contribution in [0.4, 0.5) is 0 Å². The van der Waals surface area contributed by atoms with E-state index in [9.17, 15) is 0 Å². The van der Waals surface area contributed by atoms with Crippen LogP contribution in [0, 0.1) is 11.8 Å². The van der Waals surface area contributed by atoms with Crippen LogP contribution in [0.3, 0.4) is 0 Å². The molecule has 138 valence electrons. The highest BCUT2D eigenvalue weighted by Gasteiger charge is 2.23. The highest BCUT2D eigenvalue weighted by atomic mass is 15.2. The van der Waals surface area contributed by atoms with Crippen LogP contribution in [-0.2, 0) is 0 Å². The van der Waals surface area contributed by atoms with Gasteiger partial charge in [0.15, 0.2) is 0 Å². The molecule has 0 amide bonds. The summed E-state index contributed by atoms with van der Waals surface area (Å²) in [5, 5.41) is 0. The zero-order valence-electron chi connectivity index (χ0n) is 16.8. The van der Waals surface area contributed by atoms with Crippen molar-refractivity contribution in [1.29, 1.82) is 0 Å². The molecule has 1 aliphatic heterocycles. The predicted molar refractivity (Wildman–Crippen MR) is 105 cm³/mol. The van der Waals surface area contributed by atoms with E-state index in [1.54, 1.807) is 0 Å². The molecule has 0 spiro atoms. The minimum atomic E-state index is 0.832. The van der Waals surface area contributed by atoms with Gasteiger partial charge >= 0.3 is 0 Å². The van der Waals surface area contributed by atoms with Crippen LogP contribution in [0.25, 0.3) is 0 Å². The van der Waals surface area contributed by atoms with Gasteiger partial charge < -0.3 is 4.90 Å².